The van der Waals surface area contributed by atoms with E-state index >= 15 is 0 Å². The lowest BCUT2D eigenvalue weighted by Crippen LogP contribution is -1.94. The van der Waals surface area contributed by atoms with Crippen LogP contribution in [0.25, 0.3) is 149 Å². The maximum Gasteiger partial charge on any atom is 0.143 e. The number of rotatable bonds is 6. The molecule has 15 rings (SSSR count). The number of fused-ring (bicyclic) bond motifs is 12. The normalized spacial score (nSPS) is 12.0. The lowest BCUT2D eigenvalue weighted by molar-refractivity contribution is 0.669. The molecule has 0 radical (unpaired) electrons. The van der Waals surface area contributed by atoms with Crippen molar-refractivity contribution >= 4 is 87.6 Å². The average molecular weight is 894 g/mol. The summed E-state index contributed by atoms with van der Waals surface area (Å²) in [4.78, 5) is 0. The summed E-state index contributed by atoms with van der Waals surface area (Å²) >= 11 is 0. The molecule has 0 fully saturated rings. The molecular weight excluding hydrogens is 855 g/mol. The summed E-state index contributed by atoms with van der Waals surface area (Å²) in [7, 11) is 0. The topological polar surface area (TPSA) is 44.4 Å². The molecular formula is C66H39NO3. The van der Waals surface area contributed by atoms with Crippen LogP contribution in [0.5, 0.6) is 0 Å². The van der Waals surface area contributed by atoms with Crippen LogP contribution in [0, 0.1) is 0 Å². The zero-order valence-corrected chi connectivity index (χ0v) is 37.7. The third kappa shape index (κ3) is 5.97. The van der Waals surface area contributed by atoms with Gasteiger partial charge in [0.25, 0.3) is 0 Å². The highest BCUT2D eigenvalue weighted by Crippen LogP contribution is 2.42. The highest BCUT2D eigenvalue weighted by atomic mass is 16.3. The molecule has 326 valence electrons. The van der Waals surface area contributed by atoms with Gasteiger partial charge in [-0.3, -0.25) is 0 Å². The largest absolute Gasteiger partial charge is 0.456 e. The molecule has 4 heterocycles. The van der Waals surface area contributed by atoms with Crippen molar-refractivity contribution in [2.75, 3.05) is 0 Å². The molecule has 0 bridgehead atoms. The maximum atomic E-state index is 6.42. The van der Waals surface area contributed by atoms with E-state index in [0.717, 1.165) is 138 Å². The molecule has 0 unspecified atom stereocenters. The Kier molecular flexibility index (Phi) is 8.33. The molecule has 0 atom stereocenters. The minimum absolute atomic E-state index is 0.901. The van der Waals surface area contributed by atoms with E-state index in [1.165, 1.54) is 10.8 Å². The summed E-state index contributed by atoms with van der Waals surface area (Å²) in [6.45, 7) is 0. The SMILES string of the molecule is c1ccc2c(c1)oc1ccc(-c3ccc(-n4c5ccc(-c6ccc(-c7cccc8c7oc7ccccc78)cc6)cc5c5cc(-c6ccc(-c7cccc8c7oc7ccccc78)cc6)ccc54)cc3)cc12. The quantitative estimate of drug-likeness (QED) is 0.167. The van der Waals surface area contributed by atoms with Gasteiger partial charge in [-0.2, -0.15) is 0 Å². The van der Waals surface area contributed by atoms with Crippen LogP contribution in [-0.4, -0.2) is 4.57 Å². The number of hydrogen-bond acceptors (Lipinski definition) is 3. The van der Waals surface area contributed by atoms with Crippen LogP contribution in [0.1, 0.15) is 0 Å². The van der Waals surface area contributed by atoms with Gasteiger partial charge in [0, 0.05) is 59.9 Å². The molecule has 11 aromatic carbocycles. The molecule has 0 aliphatic carbocycles. The number of para-hydroxylation sites is 5. The van der Waals surface area contributed by atoms with Crippen molar-refractivity contribution in [1.29, 1.82) is 0 Å². The maximum absolute atomic E-state index is 6.42. The summed E-state index contributed by atoms with van der Waals surface area (Å²) in [6.07, 6.45) is 0. The lowest BCUT2D eigenvalue weighted by atomic mass is 9.97. The first-order valence-corrected chi connectivity index (χ1v) is 23.8. The van der Waals surface area contributed by atoms with Gasteiger partial charge < -0.3 is 17.8 Å². The van der Waals surface area contributed by atoms with Crippen LogP contribution < -0.4 is 0 Å². The first kappa shape index (κ1) is 38.7. The van der Waals surface area contributed by atoms with Gasteiger partial charge in [0.1, 0.15) is 33.5 Å². The molecule has 0 saturated heterocycles. The van der Waals surface area contributed by atoms with Crippen molar-refractivity contribution in [2.24, 2.45) is 0 Å². The molecule has 0 spiro atoms. The van der Waals surface area contributed by atoms with Gasteiger partial charge in [-0.1, -0.05) is 170 Å². The molecule has 0 saturated carbocycles. The Hall–Kier alpha value is -9.38. The Morgan fingerprint density at radius 2 is 0.586 bits per heavy atom. The number of aromatic nitrogens is 1. The van der Waals surface area contributed by atoms with E-state index in [1.54, 1.807) is 0 Å². The summed E-state index contributed by atoms with van der Waals surface area (Å²) < 4.78 is 21.4. The van der Waals surface area contributed by atoms with Gasteiger partial charge >= 0.3 is 0 Å². The second-order valence-corrected chi connectivity index (χ2v) is 18.4. The fraction of sp³-hybridized carbons (Fsp3) is 0. The van der Waals surface area contributed by atoms with Gasteiger partial charge in [-0.25, -0.2) is 0 Å². The summed E-state index contributed by atoms with van der Waals surface area (Å²) in [5.41, 5.74) is 20.2. The van der Waals surface area contributed by atoms with E-state index in [9.17, 15) is 0 Å². The zero-order valence-electron chi connectivity index (χ0n) is 37.7. The Labute approximate surface area is 401 Å². The van der Waals surface area contributed by atoms with Crippen molar-refractivity contribution in [3.8, 4) is 61.3 Å². The number of benzene rings is 11. The van der Waals surface area contributed by atoms with Crippen molar-refractivity contribution in [3.63, 3.8) is 0 Å². The third-order valence-corrected chi connectivity index (χ3v) is 14.5. The molecule has 0 amide bonds. The monoisotopic (exact) mass is 893 g/mol. The van der Waals surface area contributed by atoms with Gasteiger partial charge in [0.05, 0.1) is 11.0 Å². The Morgan fingerprint density at radius 3 is 1.09 bits per heavy atom. The Morgan fingerprint density at radius 1 is 0.229 bits per heavy atom. The fourth-order valence-electron chi connectivity index (χ4n) is 11.0. The van der Waals surface area contributed by atoms with Crippen LogP contribution >= 0.6 is 0 Å². The molecule has 4 aromatic heterocycles. The standard InChI is InChI=1S/C66H39NO3/c1-5-17-62-51(9-1)54-14-7-12-49(65(54)69-62)43-23-19-40(20-24-43)45-29-34-59-56(37-45)57-38-46(41-21-25-44(26-22-41)50-13-8-15-55-52-10-2-6-18-63(52)70-66(50)55)30-35-60(57)67(59)48-32-27-42(28-33-48)47-31-36-64-58(39-47)53-11-3-4-16-61(53)68-64/h1-39H. The van der Waals surface area contributed by atoms with E-state index < -0.39 is 0 Å². The van der Waals surface area contributed by atoms with Crippen LogP contribution in [0.4, 0.5) is 0 Å². The van der Waals surface area contributed by atoms with E-state index in [1.807, 2.05) is 36.4 Å². The van der Waals surface area contributed by atoms with Crippen molar-refractivity contribution in [1.82, 2.24) is 4.57 Å². The summed E-state index contributed by atoms with van der Waals surface area (Å²) in [6, 6.07) is 84.7. The molecule has 4 heteroatoms. The molecule has 0 aliphatic heterocycles. The van der Waals surface area contributed by atoms with Crippen molar-refractivity contribution in [2.45, 2.75) is 0 Å². The van der Waals surface area contributed by atoms with Crippen molar-refractivity contribution in [3.05, 3.63) is 237 Å². The van der Waals surface area contributed by atoms with E-state index in [-0.39, 0.29) is 0 Å². The Balaban J connectivity index is 0.834. The molecule has 4 nitrogen and oxygen atoms in total. The van der Waals surface area contributed by atoms with E-state index in [2.05, 4.69) is 205 Å². The van der Waals surface area contributed by atoms with Crippen LogP contribution in [0.3, 0.4) is 0 Å². The summed E-state index contributed by atoms with van der Waals surface area (Å²) in [5, 5.41) is 9.19. The third-order valence-electron chi connectivity index (χ3n) is 14.5. The highest BCUT2D eigenvalue weighted by molar-refractivity contribution is 6.13. The van der Waals surface area contributed by atoms with Crippen LogP contribution in [0.2, 0.25) is 0 Å². The number of hydrogen-bond donors (Lipinski definition) is 0. The second kappa shape index (κ2) is 15.1. The molecule has 15 aromatic rings. The first-order valence-electron chi connectivity index (χ1n) is 23.8. The van der Waals surface area contributed by atoms with Gasteiger partial charge in [-0.15, -0.1) is 0 Å². The molecule has 0 aliphatic rings. The Bertz CT molecular complexity index is 4350. The fourth-order valence-corrected chi connectivity index (χ4v) is 11.0. The number of furan rings is 3. The summed E-state index contributed by atoms with van der Waals surface area (Å²) in [5.74, 6) is 0. The van der Waals surface area contributed by atoms with Gasteiger partial charge in [0.15, 0.2) is 0 Å². The van der Waals surface area contributed by atoms with Crippen molar-refractivity contribution < 1.29 is 13.3 Å². The molecule has 70 heavy (non-hydrogen) atoms. The lowest BCUT2D eigenvalue weighted by Gasteiger charge is -2.11. The van der Waals surface area contributed by atoms with Crippen LogP contribution in [0.15, 0.2) is 250 Å². The predicted octanol–water partition coefficient (Wildman–Crippen LogP) is 18.8. The first-order chi connectivity index (χ1) is 34.7. The van der Waals surface area contributed by atoms with Crippen LogP contribution in [-0.2, 0) is 0 Å². The van der Waals surface area contributed by atoms with Gasteiger partial charge in [-0.05, 0) is 111 Å². The van der Waals surface area contributed by atoms with E-state index in [4.69, 9.17) is 13.3 Å². The zero-order chi connectivity index (χ0) is 45.9. The highest BCUT2D eigenvalue weighted by Gasteiger charge is 2.18. The molecule has 0 N–H and O–H groups in total. The smallest absolute Gasteiger partial charge is 0.143 e. The average Bonchev–Trinajstić information content (AvgIpc) is 4.20. The van der Waals surface area contributed by atoms with E-state index in [0.29, 0.717) is 0 Å². The minimum atomic E-state index is 0.901. The van der Waals surface area contributed by atoms with Gasteiger partial charge in [0.2, 0.25) is 0 Å². The minimum Gasteiger partial charge on any atom is -0.456 e. The second-order valence-electron chi connectivity index (χ2n) is 18.4. The predicted molar refractivity (Wildman–Crippen MR) is 290 cm³/mol. The number of nitrogens with zero attached hydrogens (tertiary/aromatic N) is 1.